The molecular weight excluding hydrogens is 448 g/mol. The highest BCUT2D eigenvalue weighted by Crippen LogP contribution is 2.28. The van der Waals surface area contributed by atoms with Gasteiger partial charge in [-0.3, -0.25) is 9.59 Å². The van der Waals surface area contributed by atoms with Gasteiger partial charge in [-0.15, -0.1) is 0 Å². The topological polar surface area (TPSA) is 111 Å². The molecule has 0 aliphatic carbocycles. The van der Waals surface area contributed by atoms with Crippen LogP contribution in [0.1, 0.15) is 66.4 Å². The van der Waals surface area contributed by atoms with Crippen molar-refractivity contribution in [2.75, 3.05) is 6.61 Å². The van der Waals surface area contributed by atoms with Crippen molar-refractivity contribution in [3.63, 3.8) is 0 Å². The molecule has 0 aliphatic rings. The lowest BCUT2D eigenvalue weighted by Crippen LogP contribution is -2.16. The Morgan fingerprint density at radius 3 is 2.31 bits per heavy atom. The molecule has 0 radical (unpaired) electrons. The molecule has 2 aromatic carbocycles. The number of aromatic nitrogens is 2. The van der Waals surface area contributed by atoms with Gasteiger partial charge in [0.2, 0.25) is 5.78 Å². The smallest absolute Gasteiger partial charge is 0.342 e. The van der Waals surface area contributed by atoms with E-state index in [1.54, 1.807) is 32.9 Å². The minimum absolute atomic E-state index is 0.136. The number of fused-ring (bicyclic) bond motifs is 1. The fourth-order valence-electron chi connectivity index (χ4n) is 4.19. The summed E-state index contributed by atoms with van der Waals surface area (Å²) in [5.41, 5.74) is 3.59. The zero-order chi connectivity index (χ0) is 25.3. The van der Waals surface area contributed by atoms with Crippen LogP contribution in [0.4, 0.5) is 0 Å². The van der Waals surface area contributed by atoms with Gasteiger partial charge in [0.25, 0.3) is 0 Å². The Morgan fingerprint density at radius 2 is 1.71 bits per heavy atom. The fraction of sp³-hybridized carbons (Fsp3) is 0.259. The maximum Gasteiger partial charge on any atom is 0.342 e. The maximum absolute atomic E-state index is 13.1. The van der Waals surface area contributed by atoms with Crippen LogP contribution < -0.4 is 4.74 Å². The summed E-state index contributed by atoms with van der Waals surface area (Å²) >= 11 is 0. The number of benzene rings is 2. The predicted octanol–water partition coefficient (Wildman–Crippen LogP) is 5.21. The second kappa shape index (κ2) is 9.58. The minimum atomic E-state index is -0.689. The molecule has 0 aliphatic heterocycles. The number of ether oxygens (including phenoxy) is 2. The highest BCUT2D eigenvalue weighted by atomic mass is 16.5. The van der Waals surface area contributed by atoms with Gasteiger partial charge in [-0.2, -0.15) is 0 Å². The average molecular weight is 475 g/mol. The third-order valence-corrected chi connectivity index (χ3v) is 6.02. The van der Waals surface area contributed by atoms with Crippen LogP contribution in [-0.2, 0) is 11.3 Å². The van der Waals surface area contributed by atoms with Gasteiger partial charge in [0.1, 0.15) is 23.7 Å². The van der Waals surface area contributed by atoms with Crippen molar-refractivity contribution in [3.05, 3.63) is 81.5 Å². The molecule has 0 saturated carbocycles. The van der Waals surface area contributed by atoms with Gasteiger partial charge in [-0.25, -0.2) is 4.79 Å². The first kappa shape index (κ1) is 23.9. The van der Waals surface area contributed by atoms with Gasteiger partial charge >= 0.3 is 5.97 Å². The molecule has 180 valence electrons. The second-order valence-electron chi connectivity index (χ2n) is 8.47. The van der Waals surface area contributed by atoms with E-state index < -0.39 is 18.4 Å². The number of nitrogens with zero attached hydrogens (tertiary/aromatic N) is 1. The Morgan fingerprint density at radius 1 is 1.03 bits per heavy atom. The summed E-state index contributed by atoms with van der Waals surface area (Å²) in [6, 6.07) is 11.0. The number of aromatic amines is 1. The monoisotopic (exact) mass is 474 g/mol. The zero-order valence-corrected chi connectivity index (χ0v) is 20.3. The highest BCUT2D eigenvalue weighted by Gasteiger charge is 2.23. The number of carbonyl (C=O) groups excluding carboxylic acids is 3. The summed E-state index contributed by atoms with van der Waals surface area (Å²) in [7, 11) is 0. The molecule has 0 unspecified atom stereocenters. The number of nitrogens with one attached hydrogen (secondary N) is 1. The lowest BCUT2D eigenvalue weighted by molar-refractivity contribution is 0.0469. The first-order chi connectivity index (χ1) is 16.7. The molecule has 2 heterocycles. The standard InChI is InChI=1S/C27H26N2O6/c1-14-25(17(4)30)16(3)28-26(14)23(31)13-34-27(32)21-10-19-8-6-7-9-20(19)11-24(21)33-12-22-15(2)29-35-18(22)5/h6-11,28H,12-13H2,1-5H3. The number of Topliss-reactive ketones (excluding diaryl/α,β-unsaturated/α-hetero) is 2. The summed E-state index contributed by atoms with van der Waals surface area (Å²) in [6.07, 6.45) is 0. The van der Waals surface area contributed by atoms with E-state index in [0.717, 1.165) is 16.3 Å². The largest absolute Gasteiger partial charge is 0.488 e. The summed E-state index contributed by atoms with van der Waals surface area (Å²) < 4.78 is 16.6. The Balaban J connectivity index is 1.57. The van der Waals surface area contributed by atoms with E-state index in [1.165, 1.54) is 6.92 Å². The number of hydrogen-bond donors (Lipinski definition) is 1. The molecule has 0 fully saturated rings. The van der Waals surface area contributed by atoms with Crippen LogP contribution in [0, 0.1) is 27.7 Å². The number of carbonyl (C=O) groups is 3. The molecule has 4 rings (SSSR count). The zero-order valence-electron chi connectivity index (χ0n) is 20.3. The van der Waals surface area contributed by atoms with Gasteiger partial charge in [-0.05, 0) is 63.1 Å². The van der Waals surface area contributed by atoms with Crippen LogP contribution in [0.5, 0.6) is 5.75 Å². The van der Waals surface area contributed by atoms with Gasteiger partial charge in [0.15, 0.2) is 12.4 Å². The molecule has 0 spiro atoms. The van der Waals surface area contributed by atoms with Crippen molar-refractivity contribution in [3.8, 4) is 5.75 Å². The lowest BCUT2D eigenvalue weighted by atomic mass is 10.1. The van der Waals surface area contributed by atoms with Gasteiger partial charge < -0.3 is 19.0 Å². The number of ketones is 2. The Bertz CT molecular complexity index is 1440. The molecule has 35 heavy (non-hydrogen) atoms. The molecular formula is C27H26N2O6. The van der Waals surface area contributed by atoms with Crippen LogP contribution in [0.2, 0.25) is 0 Å². The molecule has 0 amide bonds. The van der Waals surface area contributed by atoms with Crippen molar-refractivity contribution in [1.29, 1.82) is 0 Å². The molecule has 8 heteroatoms. The Kier molecular flexibility index (Phi) is 6.55. The molecule has 0 saturated heterocycles. The van der Waals surface area contributed by atoms with E-state index in [-0.39, 0.29) is 23.6 Å². The van der Waals surface area contributed by atoms with Crippen molar-refractivity contribution in [2.45, 2.75) is 41.2 Å². The van der Waals surface area contributed by atoms with Crippen LogP contribution in [-0.4, -0.2) is 34.3 Å². The first-order valence-corrected chi connectivity index (χ1v) is 11.1. The normalized spacial score (nSPS) is 11.0. The average Bonchev–Trinajstić information content (AvgIpc) is 3.31. The van der Waals surface area contributed by atoms with Gasteiger partial charge in [0, 0.05) is 11.3 Å². The molecule has 2 aromatic heterocycles. The van der Waals surface area contributed by atoms with E-state index in [4.69, 9.17) is 14.0 Å². The predicted molar refractivity (Wildman–Crippen MR) is 129 cm³/mol. The lowest BCUT2D eigenvalue weighted by Gasteiger charge is -2.13. The van der Waals surface area contributed by atoms with Crippen molar-refractivity contribution >= 4 is 28.3 Å². The van der Waals surface area contributed by atoms with Crippen molar-refractivity contribution in [1.82, 2.24) is 10.1 Å². The summed E-state index contributed by atoms with van der Waals surface area (Å²) in [4.78, 5) is 40.6. The van der Waals surface area contributed by atoms with E-state index in [1.807, 2.05) is 31.2 Å². The molecule has 0 atom stereocenters. The van der Waals surface area contributed by atoms with Crippen LogP contribution in [0.25, 0.3) is 10.8 Å². The van der Waals surface area contributed by atoms with E-state index in [2.05, 4.69) is 10.1 Å². The highest BCUT2D eigenvalue weighted by molar-refractivity contribution is 6.05. The number of aryl methyl sites for hydroxylation is 3. The SMILES string of the molecule is CC(=O)c1c(C)[nH]c(C(=O)COC(=O)c2cc3ccccc3cc2OCc2c(C)noc2C)c1C. The third kappa shape index (κ3) is 4.73. The van der Waals surface area contributed by atoms with Crippen molar-refractivity contribution < 1.29 is 28.4 Å². The number of H-pyrrole nitrogens is 1. The first-order valence-electron chi connectivity index (χ1n) is 11.1. The van der Waals surface area contributed by atoms with Crippen LogP contribution >= 0.6 is 0 Å². The summed E-state index contributed by atoms with van der Waals surface area (Å²) in [5.74, 6) is -0.286. The quantitative estimate of drug-likeness (QED) is 0.276. The van der Waals surface area contributed by atoms with Crippen LogP contribution in [0.3, 0.4) is 0 Å². The van der Waals surface area contributed by atoms with Crippen LogP contribution in [0.15, 0.2) is 40.9 Å². The van der Waals surface area contributed by atoms with E-state index in [0.29, 0.717) is 34.0 Å². The van der Waals surface area contributed by atoms with E-state index >= 15 is 0 Å². The number of rotatable bonds is 8. The molecule has 0 bridgehead atoms. The maximum atomic E-state index is 13.1. The summed E-state index contributed by atoms with van der Waals surface area (Å²) in [5, 5.41) is 5.65. The molecule has 1 N–H and O–H groups in total. The Hall–Kier alpha value is -4.20. The second-order valence-corrected chi connectivity index (χ2v) is 8.47. The molecule has 8 nitrogen and oxygen atoms in total. The minimum Gasteiger partial charge on any atom is -0.488 e. The van der Waals surface area contributed by atoms with Gasteiger partial charge in [0.05, 0.1) is 17.0 Å². The summed E-state index contributed by atoms with van der Waals surface area (Å²) in [6.45, 7) is 8.16. The number of esters is 1. The number of hydrogen-bond acceptors (Lipinski definition) is 7. The van der Waals surface area contributed by atoms with Crippen molar-refractivity contribution in [2.24, 2.45) is 0 Å². The van der Waals surface area contributed by atoms with E-state index in [9.17, 15) is 14.4 Å². The third-order valence-electron chi connectivity index (χ3n) is 6.02. The fourth-order valence-corrected chi connectivity index (χ4v) is 4.19. The molecule has 4 aromatic rings. The Labute approximate surface area is 202 Å². The van der Waals surface area contributed by atoms with Gasteiger partial charge in [-0.1, -0.05) is 29.4 Å².